The van der Waals surface area contributed by atoms with E-state index in [2.05, 4.69) is 86.8 Å². The maximum atomic E-state index is 12.5. The zero-order chi connectivity index (χ0) is 37.4. The fraction of sp³-hybridized carbons (Fsp3) is 0.690. The molecule has 0 aliphatic heterocycles. The molecular weight excluding hydrogens is 661 g/mol. The lowest BCUT2D eigenvalue weighted by atomic mass is 10.1. The largest absolute Gasteiger partial charge is 0.472 e. The Balaban J connectivity index is 4.00. The van der Waals surface area contributed by atoms with Crippen molar-refractivity contribution in [1.82, 2.24) is 0 Å². The highest BCUT2D eigenvalue weighted by molar-refractivity contribution is 7.47. The molecule has 0 radical (unpaired) electrons. The number of carbonyl (C=O) groups is 1. The summed E-state index contributed by atoms with van der Waals surface area (Å²) in [6.07, 6.45) is 47.9. The third-order valence-electron chi connectivity index (χ3n) is 7.89. The molecule has 0 bridgehead atoms. The van der Waals surface area contributed by atoms with Crippen LogP contribution in [0.3, 0.4) is 0 Å². The summed E-state index contributed by atoms with van der Waals surface area (Å²) in [5.74, 6) is -0.351. The zero-order valence-electron chi connectivity index (χ0n) is 32.3. The van der Waals surface area contributed by atoms with Crippen LogP contribution >= 0.6 is 7.82 Å². The third-order valence-corrected chi connectivity index (χ3v) is 8.87. The van der Waals surface area contributed by atoms with E-state index in [-0.39, 0.29) is 32.3 Å². The highest BCUT2D eigenvalue weighted by atomic mass is 31.2. The van der Waals surface area contributed by atoms with Crippen LogP contribution in [0.25, 0.3) is 0 Å². The van der Waals surface area contributed by atoms with E-state index in [1.807, 2.05) is 0 Å². The number of esters is 1. The molecular formula is C42H74NO7P. The quantitative estimate of drug-likeness (QED) is 0.0280. The molecule has 9 heteroatoms. The standard InChI is InChI=1S/C42H74NO7P/c1-3-5-7-9-11-12-13-14-15-16-17-18-19-20-21-22-23-24-25-26-27-28-29-31-33-35-42(44)50-41(40-49-51(45,46)48-38-36-43)39-47-37-34-32-30-10-8-6-4-2/h5,7,11-12,14-15,17-18,20-21,23-24,41H,3-4,6,8-10,13,16,19,22,25-40,43H2,1-2H3,(H,45,46)/b7-5-,12-11-,15-14-,18-17-,21-20-,24-23-. The van der Waals surface area contributed by atoms with Crippen LogP contribution in [-0.2, 0) is 27.9 Å². The van der Waals surface area contributed by atoms with Gasteiger partial charge < -0.3 is 20.1 Å². The number of rotatable bonds is 37. The van der Waals surface area contributed by atoms with Crippen LogP contribution in [-0.4, -0.2) is 49.9 Å². The zero-order valence-corrected chi connectivity index (χ0v) is 33.2. The molecule has 3 N–H and O–H groups in total. The molecule has 2 atom stereocenters. The van der Waals surface area contributed by atoms with Crippen molar-refractivity contribution in [2.75, 3.05) is 33.0 Å². The van der Waals surface area contributed by atoms with Crippen molar-refractivity contribution >= 4 is 13.8 Å². The van der Waals surface area contributed by atoms with Crippen molar-refractivity contribution in [3.8, 4) is 0 Å². The molecule has 0 aliphatic rings. The average molecular weight is 736 g/mol. The van der Waals surface area contributed by atoms with Crippen LogP contribution in [0.15, 0.2) is 72.9 Å². The normalized spacial score (nSPS) is 14.4. The third kappa shape index (κ3) is 39.0. The molecule has 0 saturated carbocycles. The van der Waals surface area contributed by atoms with Crippen molar-refractivity contribution in [3.63, 3.8) is 0 Å². The predicted octanol–water partition coefficient (Wildman–Crippen LogP) is 11.6. The van der Waals surface area contributed by atoms with Crippen LogP contribution in [0.2, 0.25) is 0 Å². The molecule has 0 aromatic carbocycles. The Hall–Kier alpha value is -2.06. The summed E-state index contributed by atoms with van der Waals surface area (Å²) in [4.78, 5) is 22.3. The van der Waals surface area contributed by atoms with Gasteiger partial charge in [0.05, 0.1) is 19.8 Å². The molecule has 0 aliphatic carbocycles. The summed E-state index contributed by atoms with van der Waals surface area (Å²) in [5, 5.41) is 0. The van der Waals surface area contributed by atoms with Crippen molar-refractivity contribution in [1.29, 1.82) is 0 Å². The number of allylic oxidation sites excluding steroid dienone is 12. The Kier molecular flexibility index (Phi) is 37.6. The monoisotopic (exact) mass is 736 g/mol. The average Bonchev–Trinajstić information content (AvgIpc) is 3.12. The molecule has 0 heterocycles. The minimum Gasteiger partial charge on any atom is -0.457 e. The lowest BCUT2D eigenvalue weighted by Gasteiger charge is -2.20. The van der Waals surface area contributed by atoms with Crippen molar-refractivity contribution in [3.05, 3.63) is 72.9 Å². The van der Waals surface area contributed by atoms with Crippen LogP contribution in [0.1, 0.15) is 149 Å². The molecule has 0 saturated heterocycles. The summed E-state index contributed by atoms with van der Waals surface area (Å²) in [6, 6.07) is 0. The van der Waals surface area contributed by atoms with Crippen LogP contribution in [0.4, 0.5) is 0 Å². The molecule has 0 rings (SSSR count). The Morgan fingerprint density at radius 3 is 1.65 bits per heavy atom. The number of ether oxygens (including phenoxy) is 2. The van der Waals surface area contributed by atoms with Gasteiger partial charge in [0.2, 0.25) is 0 Å². The molecule has 0 aromatic heterocycles. The molecule has 0 spiro atoms. The van der Waals surface area contributed by atoms with Crippen molar-refractivity contribution in [2.24, 2.45) is 5.73 Å². The fourth-order valence-electron chi connectivity index (χ4n) is 5.00. The molecule has 2 unspecified atom stereocenters. The fourth-order valence-corrected chi connectivity index (χ4v) is 5.76. The lowest BCUT2D eigenvalue weighted by Crippen LogP contribution is -2.28. The van der Waals surface area contributed by atoms with E-state index in [1.165, 1.54) is 44.9 Å². The summed E-state index contributed by atoms with van der Waals surface area (Å²) < 4.78 is 33.2. The molecule has 0 amide bonds. The Morgan fingerprint density at radius 2 is 1.10 bits per heavy atom. The number of hydrogen-bond acceptors (Lipinski definition) is 7. The Morgan fingerprint density at radius 1 is 0.608 bits per heavy atom. The molecule has 8 nitrogen and oxygen atoms in total. The summed E-state index contributed by atoms with van der Waals surface area (Å²) in [7, 11) is -4.27. The second-order valence-corrected chi connectivity index (χ2v) is 14.2. The smallest absolute Gasteiger partial charge is 0.457 e. The number of unbranched alkanes of at least 4 members (excludes halogenated alkanes) is 12. The van der Waals surface area contributed by atoms with Gasteiger partial charge in [0.15, 0.2) is 0 Å². The first-order valence-corrected chi connectivity index (χ1v) is 21.4. The molecule has 0 aromatic rings. The van der Waals surface area contributed by atoms with Crippen molar-refractivity contribution < 1.29 is 32.8 Å². The van der Waals surface area contributed by atoms with E-state index >= 15 is 0 Å². The van der Waals surface area contributed by atoms with E-state index in [4.69, 9.17) is 24.3 Å². The van der Waals surface area contributed by atoms with E-state index in [1.54, 1.807) is 0 Å². The number of phosphoric acid groups is 1. The second-order valence-electron chi connectivity index (χ2n) is 12.8. The van der Waals surface area contributed by atoms with Crippen molar-refractivity contribution in [2.45, 2.75) is 155 Å². The SMILES string of the molecule is CC/C=C\C/C=C\C/C=C\C/C=C\C/C=C\C/C=C\CCCCCCCCC(=O)OC(COCCCCCCCCC)COP(=O)(O)OCCN. The minimum atomic E-state index is -4.27. The van der Waals surface area contributed by atoms with E-state index < -0.39 is 13.9 Å². The van der Waals surface area contributed by atoms with Gasteiger partial charge in [-0.15, -0.1) is 0 Å². The van der Waals surface area contributed by atoms with Gasteiger partial charge >= 0.3 is 13.8 Å². The maximum absolute atomic E-state index is 12.5. The lowest BCUT2D eigenvalue weighted by molar-refractivity contribution is -0.154. The van der Waals surface area contributed by atoms with Gasteiger partial charge in [0.1, 0.15) is 6.10 Å². The molecule has 51 heavy (non-hydrogen) atoms. The van der Waals surface area contributed by atoms with Gasteiger partial charge in [0, 0.05) is 19.6 Å². The van der Waals surface area contributed by atoms with Gasteiger partial charge in [-0.25, -0.2) is 4.57 Å². The highest BCUT2D eigenvalue weighted by Crippen LogP contribution is 2.43. The molecule has 294 valence electrons. The number of nitrogens with two attached hydrogens (primary N) is 1. The van der Waals surface area contributed by atoms with Crippen LogP contribution < -0.4 is 5.73 Å². The predicted molar refractivity (Wildman–Crippen MR) is 215 cm³/mol. The summed E-state index contributed by atoms with van der Waals surface area (Å²) >= 11 is 0. The Bertz CT molecular complexity index is 1010. The van der Waals surface area contributed by atoms with Gasteiger partial charge in [-0.3, -0.25) is 13.8 Å². The van der Waals surface area contributed by atoms with Gasteiger partial charge in [-0.05, 0) is 64.2 Å². The van der Waals surface area contributed by atoms with E-state index in [0.29, 0.717) is 13.0 Å². The minimum absolute atomic E-state index is 0.0946. The number of carbonyl (C=O) groups excluding carboxylic acids is 1. The Labute approximate surface area is 312 Å². The first kappa shape index (κ1) is 48.9. The molecule has 0 fully saturated rings. The van der Waals surface area contributed by atoms with E-state index in [9.17, 15) is 14.3 Å². The van der Waals surface area contributed by atoms with E-state index in [0.717, 1.165) is 83.5 Å². The summed E-state index contributed by atoms with van der Waals surface area (Å²) in [5.41, 5.74) is 5.34. The van der Waals surface area contributed by atoms with Gasteiger partial charge in [-0.1, -0.05) is 151 Å². The maximum Gasteiger partial charge on any atom is 0.472 e. The van der Waals surface area contributed by atoms with Gasteiger partial charge in [-0.2, -0.15) is 0 Å². The van der Waals surface area contributed by atoms with Crippen LogP contribution in [0.5, 0.6) is 0 Å². The second kappa shape index (κ2) is 39.2. The first-order chi connectivity index (χ1) is 24.9. The van der Waals surface area contributed by atoms with Gasteiger partial charge in [0.25, 0.3) is 0 Å². The topological polar surface area (TPSA) is 117 Å². The summed E-state index contributed by atoms with van der Waals surface area (Å²) in [6.45, 7) is 4.72. The first-order valence-electron chi connectivity index (χ1n) is 19.9. The number of phosphoric ester groups is 1. The van der Waals surface area contributed by atoms with Crippen LogP contribution in [0, 0.1) is 0 Å². The number of hydrogen-bond donors (Lipinski definition) is 2. The highest BCUT2D eigenvalue weighted by Gasteiger charge is 2.25.